The summed E-state index contributed by atoms with van der Waals surface area (Å²) in [6.07, 6.45) is 0. The maximum Gasteiger partial charge on any atom is 0.337 e. The normalized spacial score (nSPS) is 10.7. The number of carbonyl (C=O) groups is 1. The van der Waals surface area contributed by atoms with Crippen LogP contribution in [0.5, 0.6) is 0 Å². The molecule has 0 heterocycles. The predicted octanol–water partition coefficient (Wildman–Crippen LogP) is 4.53. The van der Waals surface area contributed by atoms with E-state index in [0.29, 0.717) is 6.07 Å². The van der Waals surface area contributed by atoms with Gasteiger partial charge >= 0.3 is 5.97 Å². The van der Waals surface area contributed by atoms with E-state index >= 15 is 0 Å². The second-order valence-electron chi connectivity index (χ2n) is 4.37. The second kappa shape index (κ2) is 5.50. The van der Waals surface area contributed by atoms with Gasteiger partial charge < -0.3 is 10.8 Å². The summed E-state index contributed by atoms with van der Waals surface area (Å²) in [5, 5.41) is 8.74. The fourth-order valence-electron chi connectivity index (χ4n) is 2.01. The van der Waals surface area contributed by atoms with Gasteiger partial charge in [-0.25, -0.2) is 13.6 Å². The van der Waals surface area contributed by atoms with Crippen molar-refractivity contribution in [3.8, 4) is 11.1 Å². The molecule has 3 N–H and O–H groups in total. The molecule has 0 aromatic heterocycles. The maximum atomic E-state index is 14.0. The molecule has 0 spiro atoms. The highest BCUT2D eigenvalue weighted by atomic mass is 35.5. The van der Waals surface area contributed by atoms with Gasteiger partial charge in [0.25, 0.3) is 0 Å². The van der Waals surface area contributed by atoms with Gasteiger partial charge in [0.1, 0.15) is 11.6 Å². The van der Waals surface area contributed by atoms with Gasteiger partial charge in [-0.2, -0.15) is 0 Å². The Labute approximate surface area is 128 Å². The van der Waals surface area contributed by atoms with Crippen molar-refractivity contribution < 1.29 is 18.7 Å². The first-order chi connectivity index (χ1) is 9.73. The maximum absolute atomic E-state index is 14.0. The average Bonchev–Trinajstić information content (AvgIpc) is 2.39. The van der Waals surface area contributed by atoms with Crippen molar-refractivity contribution in [2.24, 2.45) is 0 Å². The van der Waals surface area contributed by atoms with Gasteiger partial charge in [0, 0.05) is 27.9 Å². The van der Waals surface area contributed by atoms with E-state index in [4.69, 9.17) is 34.0 Å². The molecule has 0 aliphatic carbocycles. The standard InChI is InChI=1S/C14H9Cl2F2NO2/c1-5-12(6-2-8(15)11(18)4-10(6)17)9(16)3-7(13(5)19)14(20)21/h2-4H,19H2,1H3,(H,20,21). The van der Waals surface area contributed by atoms with Crippen molar-refractivity contribution in [3.05, 3.63) is 51.0 Å². The minimum atomic E-state index is -1.25. The van der Waals surface area contributed by atoms with Crippen molar-refractivity contribution in [1.29, 1.82) is 0 Å². The number of anilines is 1. The highest BCUT2D eigenvalue weighted by Crippen LogP contribution is 2.39. The Balaban J connectivity index is 2.80. The molecule has 0 saturated heterocycles. The fourth-order valence-corrected chi connectivity index (χ4v) is 2.53. The molecule has 0 saturated carbocycles. The monoisotopic (exact) mass is 331 g/mol. The average molecular weight is 332 g/mol. The van der Waals surface area contributed by atoms with Crippen LogP contribution in [0.25, 0.3) is 11.1 Å². The Kier molecular flexibility index (Phi) is 4.07. The van der Waals surface area contributed by atoms with E-state index < -0.39 is 17.6 Å². The molecule has 2 aromatic carbocycles. The number of carboxylic acids is 1. The lowest BCUT2D eigenvalue weighted by Gasteiger charge is -2.14. The van der Waals surface area contributed by atoms with Crippen LogP contribution in [0.4, 0.5) is 14.5 Å². The Bertz CT molecular complexity index is 763. The van der Waals surface area contributed by atoms with Gasteiger partial charge in [0.15, 0.2) is 0 Å². The van der Waals surface area contributed by atoms with Crippen LogP contribution in [0.15, 0.2) is 18.2 Å². The third kappa shape index (κ3) is 2.66. The van der Waals surface area contributed by atoms with Gasteiger partial charge in [-0.15, -0.1) is 0 Å². The van der Waals surface area contributed by atoms with E-state index in [1.807, 2.05) is 0 Å². The zero-order valence-electron chi connectivity index (χ0n) is 10.7. The summed E-state index contributed by atoms with van der Waals surface area (Å²) in [6, 6.07) is 2.84. The number of rotatable bonds is 2. The molecule has 0 aliphatic rings. The summed E-state index contributed by atoms with van der Waals surface area (Å²) in [4.78, 5) is 11.1. The lowest BCUT2D eigenvalue weighted by atomic mass is 9.95. The van der Waals surface area contributed by atoms with Gasteiger partial charge in [0.2, 0.25) is 0 Å². The minimum absolute atomic E-state index is 0.0133. The van der Waals surface area contributed by atoms with Crippen LogP contribution in [0, 0.1) is 18.6 Å². The van der Waals surface area contributed by atoms with Crippen LogP contribution in [0.1, 0.15) is 15.9 Å². The highest BCUT2D eigenvalue weighted by Gasteiger charge is 2.20. The molecule has 0 atom stereocenters. The van der Waals surface area contributed by atoms with Crippen molar-refractivity contribution in [2.75, 3.05) is 5.73 Å². The number of carboxylic acid groups (broad SMARTS) is 1. The number of nitrogen functional groups attached to an aromatic ring is 1. The molecule has 3 nitrogen and oxygen atoms in total. The number of nitrogens with two attached hydrogens (primary N) is 1. The van der Waals surface area contributed by atoms with Crippen molar-refractivity contribution >= 4 is 34.9 Å². The topological polar surface area (TPSA) is 63.3 Å². The lowest BCUT2D eigenvalue weighted by molar-refractivity contribution is 0.0698. The van der Waals surface area contributed by atoms with Crippen LogP contribution in [0.3, 0.4) is 0 Å². The van der Waals surface area contributed by atoms with Crippen LogP contribution >= 0.6 is 23.2 Å². The smallest absolute Gasteiger partial charge is 0.337 e. The molecule has 2 rings (SSSR count). The Hall–Kier alpha value is -1.85. The zero-order valence-corrected chi connectivity index (χ0v) is 12.2. The van der Waals surface area contributed by atoms with E-state index in [0.717, 1.165) is 12.1 Å². The van der Waals surface area contributed by atoms with Gasteiger partial charge in [0.05, 0.1) is 10.6 Å². The molecule has 0 fully saturated rings. The Morgan fingerprint density at radius 1 is 1.14 bits per heavy atom. The summed E-state index contributed by atoms with van der Waals surface area (Å²) in [7, 11) is 0. The summed E-state index contributed by atoms with van der Waals surface area (Å²) in [5.41, 5.74) is 5.92. The van der Waals surface area contributed by atoms with E-state index in [1.54, 1.807) is 0 Å². The van der Waals surface area contributed by atoms with E-state index in [9.17, 15) is 13.6 Å². The van der Waals surface area contributed by atoms with Crippen molar-refractivity contribution in [3.63, 3.8) is 0 Å². The zero-order chi connectivity index (χ0) is 15.9. The number of hydrogen-bond donors (Lipinski definition) is 2. The summed E-state index contributed by atoms with van der Waals surface area (Å²) < 4.78 is 27.2. The molecule has 110 valence electrons. The highest BCUT2D eigenvalue weighted by molar-refractivity contribution is 6.34. The summed E-state index contributed by atoms with van der Waals surface area (Å²) in [6.45, 7) is 1.50. The quantitative estimate of drug-likeness (QED) is 0.627. The number of aromatic carboxylic acids is 1. The Morgan fingerprint density at radius 3 is 2.33 bits per heavy atom. The summed E-state index contributed by atoms with van der Waals surface area (Å²) in [5.74, 6) is -3.02. The van der Waals surface area contributed by atoms with Crippen molar-refractivity contribution in [1.82, 2.24) is 0 Å². The molecule has 0 amide bonds. The molecule has 7 heteroatoms. The van der Waals surface area contributed by atoms with E-state index in [1.165, 1.54) is 6.92 Å². The molecule has 0 radical (unpaired) electrons. The first-order valence-electron chi connectivity index (χ1n) is 5.70. The molecular weight excluding hydrogens is 323 g/mol. The van der Waals surface area contributed by atoms with Gasteiger partial charge in [-0.05, 0) is 24.6 Å². The molecule has 2 aromatic rings. The second-order valence-corrected chi connectivity index (χ2v) is 5.19. The first kappa shape index (κ1) is 15.5. The molecular formula is C14H9Cl2F2NO2. The van der Waals surface area contributed by atoms with E-state index in [-0.39, 0.29) is 38.0 Å². The van der Waals surface area contributed by atoms with E-state index in [2.05, 4.69) is 0 Å². The Morgan fingerprint density at radius 2 is 1.76 bits per heavy atom. The van der Waals surface area contributed by atoms with Crippen LogP contribution in [0.2, 0.25) is 10.0 Å². The lowest BCUT2D eigenvalue weighted by Crippen LogP contribution is -2.06. The van der Waals surface area contributed by atoms with Crippen molar-refractivity contribution in [2.45, 2.75) is 6.92 Å². The van der Waals surface area contributed by atoms with Crippen LogP contribution in [-0.2, 0) is 0 Å². The predicted molar refractivity (Wildman–Crippen MR) is 77.9 cm³/mol. The minimum Gasteiger partial charge on any atom is -0.478 e. The third-order valence-corrected chi connectivity index (χ3v) is 3.68. The van der Waals surface area contributed by atoms with Gasteiger partial charge in [-0.1, -0.05) is 23.2 Å². The SMILES string of the molecule is Cc1c(N)c(C(=O)O)cc(Cl)c1-c1cc(Cl)c(F)cc1F. The molecule has 21 heavy (non-hydrogen) atoms. The summed E-state index contributed by atoms with van der Waals surface area (Å²) >= 11 is 11.7. The number of halogens is 4. The van der Waals surface area contributed by atoms with Crippen LogP contribution < -0.4 is 5.73 Å². The largest absolute Gasteiger partial charge is 0.478 e. The van der Waals surface area contributed by atoms with Gasteiger partial charge in [-0.3, -0.25) is 0 Å². The molecule has 0 aliphatic heterocycles. The molecule has 0 unspecified atom stereocenters. The first-order valence-corrected chi connectivity index (χ1v) is 6.46. The third-order valence-electron chi connectivity index (χ3n) is 3.09. The number of hydrogen-bond acceptors (Lipinski definition) is 2. The fraction of sp³-hybridized carbons (Fsp3) is 0.0714. The number of benzene rings is 2. The molecule has 0 bridgehead atoms. The van der Waals surface area contributed by atoms with Crippen LogP contribution in [-0.4, -0.2) is 11.1 Å².